The van der Waals surface area contributed by atoms with Crippen LogP contribution in [-0.4, -0.2) is 43.0 Å². The molecule has 0 radical (unpaired) electrons. The van der Waals surface area contributed by atoms with Crippen LogP contribution in [0.15, 0.2) is 42.5 Å². The van der Waals surface area contributed by atoms with Gasteiger partial charge >= 0.3 is 0 Å². The van der Waals surface area contributed by atoms with Gasteiger partial charge in [-0.2, -0.15) is 0 Å². The van der Waals surface area contributed by atoms with Gasteiger partial charge in [0.05, 0.1) is 20.8 Å². The Morgan fingerprint density at radius 1 is 1.13 bits per heavy atom. The quantitative estimate of drug-likeness (QED) is 0.564. The number of halogens is 1. The van der Waals surface area contributed by atoms with E-state index in [1.165, 1.54) is 0 Å². The summed E-state index contributed by atoms with van der Waals surface area (Å²) in [6.07, 6.45) is 0. The zero-order chi connectivity index (χ0) is 21.9. The van der Waals surface area contributed by atoms with Crippen molar-refractivity contribution in [2.75, 3.05) is 27.4 Å². The molecule has 2 N–H and O–H groups in total. The van der Waals surface area contributed by atoms with Crippen molar-refractivity contribution in [3.8, 4) is 11.5 Å². The minimum absolute atomic E-state index is 0.0209. The number of nitrogens with zero attached hydrogens (tertiary/aromatic N) is 1. The highest BCUT2D eigenvalue weighted by Gasteiger charge is 2.21. The van der Waals surface area contributed by atoms with Crippen molar-refractivity contribution in [3.05, 3.63) is 58.7 Å². The van der Waals surface area contributed by atoms with E-state index in [0.717, 1.165) is 16.5 Å². The van der Waals surface area contributed by atoms with E-state index in [-0.39, 0.29) is 12.5 Å². The van der Waals surface area contributed by atoms with E-state index < -0.39 is 5.41 Å². The lowest BCUT2D eigenvalue weighted by atomic mass is 9.95. The molecule has 0 aliphatic rings. The average molecular weight is 431 g/mol. The molecule has 6 nitrogen and oxygen atoms in total. The highest BCUT2D eigenvalue weighted by molar-refractivity contribution is 6.31. The first-order chi connectivity index (χ1) is 14.3. The monoisotopic (exact) mass is 430 g/mol. The fraction of sp³-hybridized carbons (Fsp3) is 0.348. The highest BCUT2D eigenvalue weighted by Crippen LogP contribution is 2.29. The Balaban J connectivity index is 2.04. The predicted molar refractivity (Wildman–Crippen MR) is 119 cm³/mol. The van der Waals surface area contributed by atoms with E-state index in [9.17, 15) is 9.90 Å². The molecule has 1 aromatic heterocycles. The fourth-order valence-corrected chi connectivity index (χ4v) is 3.42. The molecule has 30 heavy (non-hydrogen) atoms. The molecule has 0 fully saturated rings. The van der Waals surface area contributed by atoms with Gasteiger partial charge in [-0.05, 0) is 42.5 Å². The Morgan fingerprint density at radius 3 is 2.57 bits per heavy atom. The summed E-state index contributed by atoms with van der Waals surface area (Å²) in [5, 5.41) is 13.9. The number of aliphatic hydroxyl groups excluding tert-OH is 1. The molecule has 0 saturated carbocycles. The first-order valence-corrected chi connectivity index (χ1v) is 10.0. The molecule has 7 heteroatoms. The third-order valence-electron chi connectivity index (χ3n) is 5.07. The summed E-state index contributed by atoms with van der Waals surface area (Å²) in [5.41, 5.74) is 1.86. The number of hydrogen-bond donors (Lipinski definition) is 2. The van der Waals surface area contributed by atoms with Gasteiger partial charge < -0.3 is 24.5 Å². The van der Waals surface area contributed by atoms with Crippen molar-refractivity contribution in [3.63, 3.8) is 0 Å². The summed E-state index contributed by atoms with van der Waals surface area (Å²) in [4.78, 5) is 13.0. The van der Waals surface area contributed by atoms with Crippen molar-refractivity contribution in [1.29, 1.82) is 0 Å². The van der Waals surface area contributed by atoms with Crippen LogP contribution in [0, 0.1) is 5.41 Å². The largest absolute Gasteiger partial charge is 0.497 e. The van der Waals surface area contributed by atoms with Gasteiger partial charge in [-0.15, -0.1) is 0 Å². The normalized spacial score (nSPS) is 11.5. The standard InChI is InChI=1S/C23H27ClN2O4/c1-23(2,14-27)13-25-22(28)20-11-15-9-17(24)5-7-19(15)26(20)12-16-10-18(29-3)6-8-21(16)30-4/h5-11,27H,12-14H2,1-4H3,(H,25,28). The second-order valence-corrected chi connectivity index (χ2v) is 8.44. The van der Waals surface area contributed by atoms with Crippen molar-refractivity contribution in [2.45, 2.75) is 20.4 Å². The molecule has 0 unspecified atom stereocenters. The minimum Gasteiger partial charge on any atom is -0.497 e. The summed E-state index contributed by atoms with van der Waals surface area (Å²) in [7, 11) is 3.23. The molecule has 160 valence electrons. The van der Waals surface area contributed by atoms with Gasteiger partial charge in [0.25, 0.3) is 5.91 Å². The number of benzene rings is 2. The van der Waals surface area contributed by atoms with Crippen LogP contribution in [0.4, 0.5) is 0 Å². The van der Waals surface area contributed by atoms with Gasteiger partial charge in [-0.1, -0.05) is 25.4 Å². The van der Waals surface area contributed by atoms with E-state index in [2.05, 4.69) is 5.32 Å². The van der Waals surface area contributed by atoms with Crippen LogP contribution in [0.1, 0.15) is 29.9 Å². The Bertz CT molecular complexity index is 1060. The van der Waals surface area contributed by atoms with E-state index in [1.54, 1.807) is 20.3 Å². The Labute approximate surface area is 181 Å². The van der Waals surface area contributed by atoms with Crippen molar-refractivity contribution >= 4 is 28.4 Å². The molecule has 2 aromatic carbocycles. The fourth-order valence-electron chi connectivity index (χ4n) is 3.24. The lowest BCUT2D eigenvalue weighted by molar-refractivity contribution is 0.0902. The number of aromatic nitrogens is 1. The van der Waals surface area contributed by atoms with Crippen LogP contribution in [0.5, 0.6) is 11.5 Å². The molecular weight excluding hydrogens is 404 g/mol. The van der Waals surface area contributed by atoms with Gasteiger partial charge in [0, 0.05) is 40.1 Å². The van der Waals surface area contributed by atoms with Crippen LogP contribution >= 0.6 is 11.6 Å². The van der Waals surface area contributed by atoms with Crippen LogP contribution in [-0.2, 0) is 6.54 Å². The van der Waals surface area contributed by atoms with E-state index in [1.807, 2.05) is 54.8 Å². The number of fused-ring (bicyclic) bond motifs is 1. The molecule has 3 rings (SSSR count). The molecule has 3 aromatic rings. The van der Waals surface area contributed by atoms with Crippen LogP contribution in [0.3, 0.4) is 0 Å². The van der Waals surface area contributed by atoms with Crippen molar-refractivity contribution in [1.82, 2.24) is 9.88 Å². The summed E-state index contributed by atoms with van der Waals surface area (Å²) in [5.74, 6) is 1.20. The van der Waals surface area contributed by atoms with Crippen molar-refractivity contribution in [2.24, 2.45) is 5.41 Å². The molecule has 0 aliphatic carbocycles. The molecule has 0 saturated heterocycles. The topological polar surface area (TPSA) is 72.7 Å². The van der Waals surface area contributed by atoms with Crippen LogP contribution < -0.4 is 14.8 Å². The summed E-state index contributed by atoms with van der Waals surface area (Å²) in [6.45, 7) is 4.53. The third kappa shape index (κ3) is 4.71. The number of methoxy groups -OCH3 is 2. The van der Waals surface area contributed by atoms with Crippen LogP contribution in [0.25, 0.3) is 10.9 Å². The summed E-state index contributed by atoms with van der Waals surface area (Å²) < 4.78 is 12.8. The number of amides is 1. The minimum atomic E-state index is -0.411. The molecule has 0 atom stereocenters. The molecular formula is C23H27ClN2O4. The lowest BCUT2D eigenvalue weighted by Gasteiger charge is -2.22. The zero-order valence-electron chi connectivity index (χ0n) is 17.7. The molecule has 0 aliphatic heterocycles. The molecule has 0 spiro atoms. The average Bonchev–Trinajstić information content (AvgIpc) is 3.09. The second kappa shape index (κ2) is 8.98. The first kappa shape index (κ1) is 22.0. The maximum Gasteiger partial charge on any atom is 0.267 e. The number of hydrogen-bond acceptors (Lipinski definition) is 4. The van der Waals surface area contributed by atoms with Gasteiger partial charge in [0.15, 0.2) is 0 Å². The smallest absolute Gasteiger partial charge is 0.267 e. The SMILES string of the molecule is COc1ccc(OC)c(Cn2c(C(=O)NCC(C)(C)CO)cc3cc(Cl)ccc32)c1. The number of carbonyl (C=O) groups excluding carboxylic acids is 1. The maximum absolute atomic E-state index is 13.0. The Hall–Kier alpha value is -2.70. The molecule has 0 bridgehead atoms. The van der Waals surface area contributed by atoms with Crippen molar-refractivity contribution < 1.29 is 19.4 Å². The summed E-state index contributed by atoms with van der Waals surface area (Å²) in [6, 6.07) is 13.0. The summed E-state index contributed by atoms with van der Waals surface area (Å²) >= 11 is 6.17. The van der Waals surface area contributed by atoms with Gasteiger partial charge in [-0.25, -0.2) is 0 Å². The Kier molecular flexibility index (Phi) is 6.58. The highest BCUT2D eigenvalue weighted by atomic mass is 35.5. The van der Waals surface area contributed by atoms with Gasteiger partial charge in [-0.3, -0.25) is 4.79 Å². The second-order valence-electron chi connectivity index (χ2n) is 8.00. The zero-order valence-corrected chi connectivity index (χ0v) is 18.4. The number of nitrogens with one attached hydrogen (secondary N) is 1. The van der Waals surface area contributed by atoms with E-state index >= 15 is 0 Å². The molecule has 1 amide bonds. The maximum atomic E-state index is 13.0. The predicted octanol–water partition coefficient (Wildman–Crippen LogP) is 4.11. The van der Waals surface area contributed by atoms with Gasteiger partial charge in [0.2, 0.25) is 0 Å². The Morgan fingerprint density at radius 2 is 1.90 bits per heavy atom. The third-order valence-corrected chi connectivity index (χ3v) is 5.30. The van der Waals surface area contributed by atoms with E-state index in [0.29, 0.717) is 35.3 Å². The number of aliphatic hydroxyl groups is 1. The number of rotatable bonds is 8. The first-order valence-electron chi connectivity index (χ1n) is 9.67. The molecule has 1 heterocycles. The number of ether oxygens (including phenoxy) is 2. The van der Waals surface area contributed by atoms with Gasteiger partial charge in [0.1, 0.15) is 17.2 Å². The lowest BCUT2D eigenvalue weighted by Crippen LogP contribution is -2.36. The van der Waals surface area contributed by atoms with Crippen LogP contribution in [0.2, 0.25) is 5.02 Å². The van der Waals surface area contributed by atoms with E-state index in [4.69, 9.17) is 21.1 Å². The number of carbonyl (C=O) groups is 1.